The molecule has 1 aliphatic rings. The molecule has 1 aromatic rings. The SMILES string of the molecule is CC(NCC1CCN(C)CC1)c1ccoc1. The lowest BCUT2D eigenvalue weighted by Gasteiger charge is -2.29. The molecule has 1 aliphatic heterocycles. The molecule has 0 bridgehead atoms. The van der Waals surface area contributed by atoms with E-state index in [1.807, 2.05) is 12.3 Å². The number of nitrogens with one attached hydrogen (secondary N) is 1. The Kier molecular flexibility index (Phi) is 4.02. The van der Waals surface area contributed by atoms with Gasteiger partial charge in [0.15, 0.2) is 0 Å². The summed E-state index contributed by atoms with van der Waals surface area (Å²) in [5.74, 6) is 0.838. The van der Waals surface area contributed by atoms with E-state index in [0.717, 1.165) is 12.5 Å². The summed E-state index contributed by atoms with van der Waals surface area (Å²) in [6.07, 6.45) is 6.21. The van der Waals surface area contributed by atoms with Crippen LogP contribution in [-0.4, -0.2) is 31.6 Å². The van der Waals surface area contributed by atoms with Gasteiger partial charge in [0.05, 0.1) is 12.5 Å². The molecule has 2 rings (SSSR count). The third-order valence-corrected chi connectivity index (χ3v) is 3.59. The maximum Gasteiger partial charge on any atom is 0.0950 e. The molecule has 0 aromatic carbocycles. The molecule has 1 N–H and O–H groups in total. The van der Waals surface area contributed by atoms with E-state index in [1.165, 1.54) is 31.5 Å². The van der Waals surface area contributed by atoms with Gasteiger partial charge in [-0.1, -0.05) is 0 Å². The fraction of sp³-hybridized carbons (Fsp3) is 0.692. The molecule has 90 valence electrons. The standard InChI is InChI=1S/C13H22N2O/c1-11(13-5-8-16-10-13)14-9-12-3-6-15(2)7-4-12/h5,8,10-12,14H,3-4,6-7,9H2,1-2H3. The van der Waals surface area contributed by atoms with Crippen LogP contribution in [0.5, 0.6) is 0 Å². The zero-order valence-corrected chi connectivity index (χ0v) is 10.3. The van der Waals surface area contributed by atoms with E-state index in [0.29, 0.717) is 6.04 Å². The van der Waals surface area contributed by atoms with Crippen molar-refractivity contribution in [3.05, 3.63) is 24.2 Å². The topological polar surface area (TPSA) is 28.4 Å². The van der Waals surface area contributed by atoms with E-state index >= 15 is 0 Å². The Morgan fingerprint density at radius 3 is 2.88 bits per heavy atom. The first-order chi connectivity index (χ1) is 7.75. The minimum absolute atomic E-state index is 0.401. The molecule has 16 heavy (non-hydrogen) atoms. The number of furan rings is 1. The fourth-order valence-corrected chi connectivity index (χ4v) is 2.25. The summed E-state index contributed by atoms with van der Waals surface area (Å²) in [7, 11) is 2.21. The van der Waals surface area contributed by atoms with Crippen molar-refractivity contribution in [1.29, 1.82) is 0 Å². The highest BCUT2D eigenvalue weighted by molar-refractivity contribution is 5.10. The number of piperidine rings is 1. The molecule has 0 amide bonds. The van der Waals surface area contributed by atoms with Crippen molar-refractivity contribution in [3.63, 3.8) is 0 Å². The second-order valence-electron chi connectivity index (χ2n) is 4.93. The van der Waals surface area contributed by atoms with Gasteiger partial charge in [0.1, 0.15) is 0 Å². The van der Waals surface area contributed by atoms with E-state index < -0.39 is 0 Å². The Hall–Kier alpha value is -0.800. The molecule has 3 heteroatoms. The molecule has 0 radical (unpaired) electrons. The van der Waals surface area contributed by atoms with E-state index in [2.05, 4.69) is 24.2 Å². The first-order valence-corrected chi connectivity index (χ1v) is 6.19. The second kappa shape index (κ2) is 5.51. The van der Waals surface area contributed by atoms with Gasteiger partial charge < -0.3 is 14.6 Å². The molecule has 2 heterocycles. The Balaban J connectivity index is 1.71. The van der Waals surface area contributed by atoms with E-state index in [9.17, 15) is 0 Å². The molecule has 1 fully saturated rings. The maximum atomic E-state index is 5.09. The van der Waals surface area contributed by atoms with Crippen molar-refractivity contribution in [3.8, 4) is 0 Å². The minimum Gasteiger partial charge on any atom is -0.472 e. The smallest absolute Gasteiger partial charge is 0.0950 e. The van der Waals surface area contributed by atoms with Crippen LogP contribution in [0.15, 0.2) is 23.0 Å². The van der Waals surface area contributed by atoms with Gasteiger partial charge in [0, 0.05) is 11.6 Å². The highest BCUT2D eigenvalue weighted by Gasteiger charge is 2.17. The molecule has 3 nitrogen and oxygen atoms in total. The molecule has 1 aromatic heterocycles. The van der Waals surface area contributed by atoms with Gasteiger partial charge in [-0.3, -0.25) is 0 Å². The number of hydrogen-bond acceptors (Lipinski definition) is 3. The van der Waals surface area contributed by atoms with Gasteiger partial charge in [-0.15, -0.1) is 0 Å². The second-order valence-corrected chi connectivity index (χ2v) is 4.93. The zero-order valence-electron chi connectivity index (χ0n) is 10.3. The quantitative estimate of drug-likeness (QED) is 0.847. The van der Waals surface area contributed by atoms with Crippen LogP contribution in [0.4, 0.5) is 0 Å². The first-order valence-electron chi connectivity index (χ1n) is 6.19. The third-order valence-electron chi connectivity index (χ3n) is 3.59. The molecule has 0 spiro atoms. The molecular weight excluding hydrogens is 200 g/mol. The average Bonchev–Trinajstić information content (AvgIpc) is 2.81. The predicted molar refractivity (Wildman–Crippen MR) is 65.3 cm³/mol. The van der Waals surface area contributed by atoms with Crippen LogP contribution in [-0.2, 0) is 0 Å². The van der Waals surface area contributed by atoms with Crippen LogP contribution in [0.25, 0.3) is 0 Å². The number of nitrogens with zero attached hydrogens (tertiary/aromatic N) is 1. The van der Waals surface area contributed by atoms with Crippen molar-refractivity contribution >= 4 is 0 Å². The van der Waals surface area contributed by atoms with Gasteiger partial charge in [-0.05, 0) is 58.4 Å². The zero-order chi connectivity index (χ0) is 11.4. The Bertz CT molecular complexity index is 289. The normalized spacial score (nSPS) is 21.1. The summed E-state index contributed by atoms with van der Waals surface area (Å²) < 4.78 is 5.09. The van der Waals surface area contributed by atoms with Gasteiger partial charge in [-0.25, -0.2) is 0 Å². The van der Waals surface area contributed by atoms with Crippen molar-refractivity contribution in [1.82, 2.24) is 10.2 Å². The summed E-state index contributed by atoms with van der Waals surface area (Å²) in [4.78, 5) is 2.41. The van der Waals surface area contributed by atoms with Gasteiger partial charge in [0.25, 0.3) is 0 Å². The Morgan fingerprint density at radius 1 is 1.50 bits per heavy atom. The van der Waals surface area contributed by atoms with E-state index in [1.54, 1.807) is 6.26 Å². The number of hydrogen-bond donors (Lipinski definition) is 1. The molecule has 0 aliphatic carbocycles. The summed E-state index contributed by atoms with van der Waals surface area (Å²) in [6.45, 7) is 5.80. The van der Waals surface area contributed by atoms with Gasteiger partial charge >= 0.3 is 0 Å². The minimum atomic E-state index is 0.401. The van der Waals surface area contributed by atoms with Crippen LogP contribution < -0.4 is 5.32 Å². The summed E-state index contributed by atoms with van der Waals surface area (Å²) in [5, 5.41) is 3.59. The third kappa shape index (κ3) is 3.09. The van der Waals surface area contributed by atoms with Crippen LogP contribution >= 0.6 is 0 Å². The van der Waals surface area contributed by atoms with Crippen LogP contribution in [0.2, 0.25) is 0 Å². The molecular formula is C13H22N2O. The lowest BCUT2D eigenvalue weighted by molar-refractivity contribution is 0.213. The molecule has 1 saturated heterocycles. The van der Waals surface area contributed by atoms with Crippen molar-refractivity contribution in [2.75, 3.05) is 26.7 Å². The summed E-state index contributed by atoms with van der Waals surface area (Å²) in [5.41, 5.74) is 1.24. The summed E-state index contributed by atoms with van der Waals surface area (Å²) >= 11 is 0. The monoisotopic (exact) mass is 222 g/mol. The average molecular weight is 222 g/mol. The molecule has 0 saturated carbocycles. The lowest BCUT2D eigenvalue weighted by Crippen LogP contribution is -2.35. The number of rotatable bonds is 4. The molecule has 1 atom stereocenters. The van der Waals surface area contributed by atoms with Gasteiger partial charge in [-0.2, -0.15) is 0 Å². The Labute approximate surface area is 97.8 Å². The van der Waals surface area contributed by atoms with Crippen molar-refractivity contribution in [2.24, 2.45) is 5.92 Å². The van der Waals surface area contributed by atoms with E-state index in [4.69, 9.17) is 4.42 Å². The fourth-order valence-electron chi connectivity index (χ4n) is 2.25. The summed E-state index contributed by atoms with van der Waals surface area (Å²) in [6, 6.07) is 2.44. The number of likely N-dealkylation sites (tertiary alicyclic amines) is 1. The van der Waals surface area contributed by atoms with E-state index in [-0.39, 0.29) is 0 Å². The van der Waals surface area contributed by atoms with Crippen LogP contribution in [0.3, 0.4) is 0 Å². The largest absolute Gasteiger partial charge is 0.472 e. The van der Waals surface area contributed by atoms with Crippen molar-refractivity contribution in [2.45, 2.75) is 25.8 Å². The highest BCUT2D eigenvalue weighted by atomic mass is 16.3. The first kappa shape index (κ1) is 11.7. The van der Waals surface area contributed by atoms with Crippen LogP contribution in [0.1, 0.15) is 31.4 Å². The predicted octanol–water partition coefficient (Wildman–Crippen LogP) is 2.27. The van der Waals surface area contributed by atoms with Crippen molar-refractivity contribution < 1.29 is 4.42 Å². The van der Waals surface area contributed by atoms with Crippen LogP contribution in [0, 0.1) is 5.92 Å². The lowest BCUT2D eigenvalue weighted by atomic mass is 9.96. The maximum absolute atomic E-state index is 5.09. The van der Waals surface area contributed by atoms with Gasteiger partial charge in [0.2, 0.25) is 0 Å². The molecule has 1 unspecified atom stereocenters. The Morgan fingerprint density at radius 2 is 2.25 bits per heavy atom. The highest BCUT2D eigenvalue weighted by Crippen LogP contribution is 2.17.